The minimum Gasteiger partial charge on any atom is -0.339 e. The molecular weight excluding hydrogens is 223 g/mol. The van der Waals surface area contributed by atoms with E-state index >= 15 is 0 Å². The summed E-state index contributed by atoms with van der Waals surface area (Å²) >= 11 is 0. The topological polar surface area (TPSA) is 49.0 Å². The van der Waals surface area contributed by atoms with Gasteiger partial charge in [0.25, 0.3) is 5.91 Å². The van der Waals surface area contributed by atoms with Crippen LogP contribution in [0.25, 0.3) is 0 Å². The van der Waals surface area contributed by atoms with Crippen molar-refractivity contribution in [1.29, 1.82) is 0 Å². The summed E-state index contributed by atoms with van der Waals surface area (Å²) in [5.74, 6) is -0.599. The molecule has 1 fully saturated rings. The number of carbonyl (C=O) groups excluding carboxylic acids is 1. The van der Waals surface area contributed by atoms with Crippen molar-refractivity contribution in [1.82, 2.24) is 15.1 Å². The Balaban J connectivity index is 2.26. The molecule has 88 valence electrons. The number of hydrogen-bond acceptors (Lipinski definition) is 2. The van der Waals surface area contributed by atoms with Crippen LogP contribution in [0, 0.1) is 0 Å². The van der Waals surface area contributed by atoms with Crippen LogP contribution < -0.4 is 0 Å². The number of nitrogens with zero attached hydrogens (tertiary/aromatic N) is 2. The summed E-state index contributed by atoms with van der Waals surface area (Å²) < 4.78 is 37.5. The Morgan fingerprint density at radius 3 is 2.56 bits per heavy atom. The van der Waals surface area contributed by atoms with Gasteiger partial charge in [0.1, 0.15) is 0 Å². The summed E-state index contributed by atoms with van der Waals surface area (Å²) in [6, 6.07) is 0. The Morgan fingerprint density at radius 1 is 1.38 bits per heavy atom. The van der Waals surface area contributed by atoms with Crippen molar-refractivity contribution in [3.8, 4) is 0 Å². The summed E-state index contributed by atoms with van der Waals surface area (Å²) in [6.07, 6.45) is -1.96. The Kier molecular flexibility index (Phi) is 2.61. The molecule has 0 unspecified atom stereocenters. The number of alkyl halides is 3. The fourth-order valence-corrected chi connectivity index (χ4v) is 1.75. The molecule has 0 saturated carbocycles. The van der Waals surface area contributed by atoms with Gasteiger partial charge in [0.2, 0.25) is 0 Å². The van der Waals surface area contributed by atoms with Crippen LogP contribution in [0.5, 0.6) is 0 Å². The lowest BCUT2D eigenvalue weighted by molar-refractivity contribution is -0.141. The Bertz CT molecular complexity index is 393. The molecule has 0 spiro atoms. The predicted octanol–water partition coefficient (Wildman–Crippen LogP) is 1.66. The molecular formula is C9H10F3N3O. The first kappa shape index (κ1) is 11.0. The maximum Gasteiger partial charge on any atom is 0.433 e. The normalized spacial score (nSPS) is 16.8. The number of halogens is 3. The molecule has 2 heterocycles. The van der Waals surface area contributed by atoms with E-state index in [1.807, 2.05) is 5.10 Å². The lowest BCUT2D eigenvalue weighted by Gasteiger charge is -2.15. The van der Waals surface area contributed by atoms with Gasteiger partial charge in [-0.05, 0) is 12.8 Å². The van der Waals surface area contributed by atoms with E-state index in [1.165, 1.54) is 4.90 Å². The second-order valence-corrected chi connectivity index (χ2v) is 3.66. The summed E-state index contributed by atoms with van der Waals surface area (Å²) in [5, 5.41) is 5.12. The zero-order chi connectivity index (χ0) is 11.8. The lowest BCUT2D eigenvalue weighted by Crippen LogP contribution is -2.29. The SMILES string of the molecule is O=C(c1cn[nH]c1C(F)(F)F)N1CCCC1. The Labute approximate surface area is 89.4 Å². The number of rotatable bonds is 1. The van der Waals surface area contributed by atoms with E-state index in [2.05, 4.69) is 5.10 Å². The highest BCUT2D eigenvalue weighted by atomic mass is 19.4. The van der Waals surface area contributed by atoms with Crippen molar-refractivity contribution in [3.63, 3.8) is 0 Å². The number of likely N-dealkylation sites (tertiary alicyclic amines) is 1. The molecule has 1 aromatic rings. The number of H-pyrrole nitrogens is 1. The van der Waals surface area contributed by atoms with Crippen molar-refractivity contribution in [2.45, 2.75) is 19.0 Å². The van der Waals surface area contributed by atoms with Gasteiger partial charge in [-0.1, -0.05) is 0 Å². The largest absolute Gasteiger partial charge is 0.433 e. The summed E-state index contributed by atoms with van der Waals surface area (Å²) in [7, 11) is 0. The smallest absolute Gasteiger partial charge is 0.339 e. The first-order chi connectivity index (χ1) is 7.50. The number of nitrogens with one attached hydrogen (secondary N) is 1. The van der Waals surface area contributed by atoms with Crippen LogP contribution in [-0.2, 0) is 6.18 Å². The zero-order valence-electron chi connectivity index (χ0n) is 8.34. The Hall–Kier alpha value is -1.53. The van der Waals surface area contributed by atoms with E-state index in [9.17, 15) is 18.0 Å². The quantitative estimate of drug-likeness (QED) is 0.802. The molecule has 1 N–H and O–H groups in total. The average molecular weight is 233 g/mol. The van der Waals surface area contributed by atoms with Crippen LogP contribution >= 0.6 is 0 Å². The number of hydrogen-bond donors (Lipinski definition) is 1. The molecule has 0 aliphatic carbocycles. The van der Waals surface area contributed by atoms with Gasteiger partial charge in [0.05, 0.1) is 11.8 Å². The van der Waals surface area contributed by atoms with Gasteiger partial charge in [0, 0.05) is 13.1 Å². The molecule has 1 saturated heterocycles. The summed E-state index contributed by atoms with van der Waals surface area (Å²) in [4.78, 5) is 13.2. The molecule has 0 bridgehead atoms. The summed E-state index contributed by atoms with van der Waals surface area (Å²) in [5.41, 5.74) is -1.46. The molecule has 16 heavy (non-hydrogen) atoms. The van der Waals surface area contributed by atoms with Crippen LogP contribution in [0.4, 0.5) is 13.2 Å². The third-order valence-corrected chi connectivity index (χ3v) is 2.55. The van der Waals surface area contributed by atoms with Crippen LogP contribution in [0.15, 0.2) is 6.20 Å². The van der Waals surface area contributed by atoms with E-state index in [-0.39, 0.29) is 0 Å². The minimum absolute atomic E-state index is 0.394. The number of amides is 1. The predicted molar refractivity (Wildman–Crippen MR) is 48.7 cm³/mol. The van der Waals surface area contributed by atoms with Crippen LogP contribution in [-0.4, -0.2) is 34.1 Å². The van der Waals surface area contributed by atoms with Gasteiger partial charge in [-0.3, -0.25) is 9.89 Å². The first-order valence-corrected chi connectivity index (χ1v) is 4.90. The Morgan fingerprint density at radius 2 is 2.00 bits per heavy atom. The monoisotopic (exact) mass is 233 g/mol. The minimum atomic E-state index is -4.57. The van der Waals surface area contributed by atoms with Crippen molar-refractivity contribution in [2.75, 3.05) is 13.1 Å². The standard InChI is InChI=1S/C9H10F3N3O/c10-9(11,12)7-6(5-13-14-7)8(16)15-3-1-2-4-15/h5H,1-4H2,(H,13,14). The molecule has 1 aromatic heterocycles. The molecule has 1 aliphatic rings. The molecule has 4 nitrogen and oxygen atoms in total. The third-order valence-electron chi connectivity index (χ3n) is 2.55. The molecule has 0 aromatic carbocycles. The van der Waals surface area contributed by atoms with Crippen LogP contribution in [0.1, 0.15) is 28.9 Å². The summed E-state index contributed by atoms with van der Waals surface area (Å²) in [6.45, 7) is 1.03. The molecule has 1 aliphatic heterocycles. The van der Waals surface area contributed by atoms with E-state index < -0.39 is 23.3 Å². The average Bonchev–Trinajstić information content (AvgIpc) is 2.87. The highest BCUT2D eigenvalue weighted by molar-refractivity contribution is 5.95. The van der Waals surface area contributed by atoms with Gasteiger partial charge in [-0.25, -0.2) is 0 Å². The lowest BCUT2D eigenvalue weighted by atomic mass is 10.2. The van der Waals surface area contributed by atoms with Crippen molar-refractivity contribution in [2.24, 2.45) is 0 Å². The molecule has 0 radical (unpaired) electrons. The highest BCUT2D eigenvalue weighted by Crippen LogP contribution is 2.30. The van der Waals surface area contributed by atoms with Crippen molar-refractivity contribution < 1.29 is 18.0 Å². The maximum atomic E-state index is 12.5. The fraction of sp³-hybridized carbons (Fsp3) is 0.556. The van der Waals surface area contributed by atoms with Crippen LogP contribution in [0.3, 0.4) is 0 Å². The third kappa shape index (κ3) is 1.89. The van der Waals surface area contributed by atoms with Crippen LogP contribution in [0.2, 0.25) is 0 Å². The number of aromatic nitrogens is 2. The van der Waals surface area contributed by atoms with Gasteiger partial charge < -0.3 is 4.90 Å². The number of carbonyl (C=O) groups is 1. The van der Waals surface area contributed by atoms with Gasteiger partial charge in [-0.2, -0.15) is 18.3 Å². The molecule has 1 amide bonds. The molecule has 2 rings (SSSR count). The first-order valence-electron chi connectivity index (χ1n) is 4.90. The second kappa shape index (κ2) is 3.80. The van der Waals surface area contributed by atoms with E-state index in [0.29, 0.717) is 13.1 Å². The second-order valence-electron chi connectivity index (χ2n) is 3.66. The number of aromatic amines is 1. The zero-order valence-corrected chi connectivity index (χ0v) is 8.34. The fourth-order valence-electron chi connectivity index (χ4n) is 1.75. The van der Waals surface area contributed by atoms with Crippen molar-refractivity contribution >= 4 is 5.91 Å². The molecule has 0 atom stereocenters. The van der Waals surface area contributed by atoms with Gasteiger partial charge >= 0.3 is 6.18 Å². The maximum absolute atomic E-state index is 12.5. The van der Waals surface area contributed by atoms with Gasteiger partial charge in [-0.15, -0.1) is 0 Å². The van der Waals surface area contributed by atoms with E-state index in [4.69, 9.17) is 0 Å². The van der Waals surface area contributed by atoms with E-state index in [0.717, 1.165) is 19.0 Å². The van der Waals surface area contributed by atoms with Crippen molar-refractivity contribution in [3.05, 3.63) is 17.5 Å². The molecule has 7 heteroatoms. The highest BCUT2D eigenvalue weighted by Gasteiger charge is 2.38. The van der Waals surface area contributed by atoms with E-state index in [1.54, 1.807) is 0 Å². The van der Waals surface area contributed by atoms with Gasteiger partial charge in [0.15, 0.2) is 5.69 Å².